The molecule has 0 aromatic carbocycles. The molecule has 0 saturated carbocycles. The van der Waals surface area contributed by atoms with E-state index in [1.165, 1.54) is 7.11 Å². The van der Waals surface area contributed by atoms with Gasteiger partial charge in [-0.2, -0.15) is 0 Å². The minimum Gasteiger partial charge on any atom is -0.467 e. The first-order valence-electron chi connectivity index (χ1n) is 8.83. The molecule has 3 aromatic heterocycles. The average Bonchev–Trinajstić information content (AvgIpc) is 2.78. The van der Waals surface area contributed by atoms with E-state index >= 15 is 0 Å². The monoisotopic (exact) mass is 519 g/mol. The van der Waals surface area contributed by atoms with Crippen LogP contribution in [0, 0.1) is 0 Å². The number of ether oxygens (including phenoxy) is 2. The summed E-state index contributed by atoms with van der Waals surface area (Å²) in [5.41, 5.74) is 5.64. The normalized spacial score (nSPS) is 10.7. The standard InChI is InChI=1S/C21H19Br2N3O3/c1-28-21(27)13-29-12-14-8-19(17-6-2-4-15(10-22)24-17)26-20(9-14)18-7-3-5-16(11-23)25-18/h2-9H,10-13H2,1H3. The van der Waals surface area contributed by atoms with Crippen LogP contribution in [0.2, 0.25) is 0 Å². The van der Waals surface area contributed by atoms with Crippen LogP contribution < -0.4 is 0 Å². The Morgan fingerprint density at radius 1 is 0.862 bits per heavy atom. The van der Waals surface area contributed by atoms with Gasteiger partial charge in [0.2, 0.25) is 0 Å². The maximum absolute atomic E-state index is 11.3. The van der Waals surface area contributed by atoms with E-state index in [0.29, 0.717) is 22.0 Å². The molecule has 0 radical (unpaired) electrons. The first-order valence-corrected chi connectivity index (χ1v) is 11.1. The first kappa shape index (κ1) is 21.5. The molecule has 150 valence electrons. The van der Waals surface area contributed by atoms with Gasteiger partial charge in [0.1, 0.15) is 6.61 Å². The van der Waals surface area contributed by atoms with E-state index < -0.39 is 5.97 Å². The van der Waals surface area contributed by atoms with Crippen LogP contribution >= 0.6 is 31.9 Å². The lowest BCUT2D eigenvalue weighted by Gasteiger charge is -2.10. The topological polar surface area (TPSA) is 74.2 Å². The third-order valence-corrected chi connectivity index (χ3v) is 5.16. The molecule has 8 heteroatoms. The molecule has 3 heterocycles. The van der Waals surface area contributed by atoms with Crippen molar-refractivity contribution in [2.24, 2.45) is 0 Å². The highest BCUT2D eigenvalue weighted by molar-refractivity contribution is 9.08. The van der Waals surface area contributed by atoms with Crippen molar-refractivity contribution in [2.45, 2.75) is 17.3 Å². The maximum atomic E-state index is 11.3. The van der Waals surface area contributed by atoms with Gasteiger partial charge in [-0.25, -0.2) is 9.78 Å². The van der Waals surface area contributed by atoms with Crippen LogP contribution in [-0.2, 0) is 31.5 Å². The van der Waals surface area contributed by atoms with Crippen LogP contribution in [0.4, 0.5) is 0 Å². The summed E-state index contributed by atoms with van der Waals surface area (Å²) in [6.45, 7) is 0.131. The number of esters is 1. The molecule has 0 aliphatic carbocycles. The Hall–Kier alpha value is -2.16. The molecule has 0 bridgehead atoms. The van der Waals surface area contributed by atoms with Crippen LogP contribution in [0.15, 0.2) is 48.5 Å². The third-order valence-electron chi connectivity index (χ3n) is 4.01. The van der Waals surface area contributed by atoms with Crippen LogP contribution in [0.3, 0.4) is 0 Å². The fourth-order valence-corrected chi connectivity index (χ4v) is 3.26. The van der Waals surface area contributed by atoms with Gasteiger partial charge in [0.05, 0.1) is 47.9 Å². The smallest absolute Gasteiger partial charge is 0.331 e. The molecule has 0 atom stereocenters. The lowest BCUT2D eigenvalue weighted by atomic mass is 10.1. The minimum atomic E-state index is -0.419. The SMILES string of the molecule is COC(=O)COCc1cc(-c2cccc(CBr)n2)nc(-c2cccc(CBr)n2)c1. The first-order chi connectivity index (χ1) is 14.1. The van der Waals surface area contributed by atoms with Gasteiger partial charge >= 0.3 is 5.97 Å². The van der Waals surface area contributed by atoms with Gasteiger partial charge in [0.25, 0.3) is 0 Å². The highest BCUT2D eigenvalue weighted by Crippen LogP contribution is 2.24. The average molecular weight is 521 g/mol. The summed E-state index contributed by atoms with van der Waals surface area (Å²) in [4.78, 5) is 25.4. The van der Waals surface area contributed by atoms with Gasteiger partial charge in [-0.05, 0) is 42.0 Å². The maximum Gasteiger partial charge on any atom is 0.331 e. The number of hydrogen-bond donors (Lipinski definition) is 0. The summed E-state index contributed by atoms with van der Waals surface area (Å²) in [5, 5.41) is 1.31. The molecule has 6 nitrogen and oxygen atoms in total. The summed E-state index contributed by atoms with van der Waals surface area (Å²) in [6.07, 6.45) is 0. The number of pyridine rings is 3. The van der Waals surface area contributed by atoms with E-state index in [9.17, 15) is 4.79 Å². The highest BCUT2D eigenvalue weighted by Gasteiger charge is 2.11. The van der Waals surface area contributed by atoms with E-state index in [1.807, 2.05) is 48.5 Å². The largest absolute Gasteiger partial charge is 0.467 e. The molecule has 0 unspecified atom stereocenters. The Balaban J connectivity index is 2.00. The van der Waals surface area contributed by atoms with E-state index in [0.717, 1.165) is 28.3 Å². The Morgan fingerprint density at radius 3 is 1.90 bits per heavy atom. The lowest BCUT2D eigenvalue weighted by molar-refractivity contribution is -0.146. The molecular formula is C21H19Br2N3O3. The number of aromatic nitrogens is 3. The number of hydrogen-bond acceptors (Lipinski definition) is 6. The summed E-state index contributed by atoms with van der Waals surface area (Å²) >= 11 is 6.88. The van der Waals surface area contributed by atoms with Crippen molar-refractivity contribution in [1.82, 2.24) is 15.0 Å². The Morgan fingerprint density at radius 2 is 1.41 bits per heavy atom. The van der Waals surface area contributed by atoms with Gasteiger partial charge in [0.15, 0.2) is 0 Å². The molecule has 29 heavy (non-hydrogen) atoms. The van der Waals surface area contributed by atoms with Crippen molar-refractivity contribution in [1.29, 1.82) is 0 Å². The number of carbonyl (C=O) groups excluding carboxylic acids is 1. The van der Waals surface area contributed by atoms with Crippen molar-refractivity contribution in [2.75, 3.05) is 13.7 Å². The molecular weight excluding hydrogens is 502 g/mol. The number of alkyl halides is 2. The molecule has 0 fully saturated rings. The molecule has 0 aliphatic heterocycles. The van der Waals surface area contributed by atoms with Crippen molar-refractivity contribution in [3.8, 4) is 22.8 Å². The number of rotatable bonds is 8. The van der Waals surface area contributed by atoms with E-state index in [4.69, 9.17) is 9.72 Å². The molecule has 0 spiro atoms. The second-order valence-electron chi connectivity index (χ2n) is 6.11. The zero-order valence-electron chi connectivity index (χ0n) is 15.8. The van der Waals surface area contributed by atoms with E-state index in [2.05, 4.69) is 46.6 Å². The Kier molecular flexibility index (Phi) is 7.85. The highest BCUT2D eigenvalue weighted by atomic mass is 79.9. The second-order valence-corrected chi connectivity index (χ2v) is 7.23. The zero-order valence-corrected chi connectivity index (χ0v) is 18.9. The number of halogens is 2. The number of carbonyl (C=O) groups is 1. The fraction of sp³-hybridized carbons (Fsp3) is 0.238. The van der Waals surface area contributed by atoms with Gasteiger partial charge < -0.3 is 9.47 Å². The van der Waals surface area contributed by atoms with Crippen LogP contribution in [0.25, 0.3) is 22.8 Å². The molecule has 0 aliphatic rings. The summed E-state index contributed by atoms with van der Waals surface area (Å²) < 4.78 is 10.1. The van der Waals surface area contributed by atoms with Crippen LogP contribution in [-0.4, -0.2) is 34.6 Å². The van der Waals surface area contributed by atoms with Crippen molar-refractivity contribution >= 4 is 37.8 Å². The van der Waals surface area contributed by atoms with Gasteiger partial charge in [-0.15, -0.1) is 0 Å². The molecule has 0 saturated heterocycles. The Bertz CT molecular complexity index is 933. The van der Waals surface area contributed by atoms with Gasteiger partial charge in [-0.1, -0.05) is 44.0 Å². The van der Waals surface area contributed by atoms with Crippen molar-refractivity contribution in [3.63, 3.8) is 0 Å². The quantitative estimate of drug-likeness (QED) is 0.317. The number of nitrogens with zero attached hydrogens (tertiary/aromatic N) is 3. The van der Waals surface area contributed by atoms with E-state index in [1.54, 1.807) is 0 Å². The Labute approximate surface area is 186 Å². The van der Waals surface area contributed by atoms with E-state index in [-0.39, 0.29) is 13.2 Å². The predicted molar refractivity (Wildman–Crippen MR) is 118 cm³/mol. The summed E-state index contributed by atoms with van der Waals surface area (Å²) in [7, 11) is 1.33. The van der Waals surface area contributed by atoms with Gasteiger partial charge in [-0.3, -0.25) is 9.97 Å². The second kappa shape index (κ2) is 10.6. The van der Waals surface area contributed by atoms with Crippen LogP contribution in [0.1, 0.15) is 17.0 Å². The summed E-state index contributed by atoms with van der Waals surface area (Å²) in [6, 6.07) is 15.5. The molecule has 3 rings (SSSR count). The van der Waals surface area contributed by atoms with Crippen molar-refractivity contribution in [3.05, 3.63) is 65.5 Å². The molecule has 0 amide bonds. The van der Waals surface area contributed by atoms with Crippen molar-refractivity contribution < 1.29 is 14.3 Å². The minimum absolute atomic E-state index is 0.113. The lowest BCUT2D eigenvalue weighted by Crippen LogP contribution is -2.10. The number of methoxy groups -OCH3 is 1. The fourth-order valence-electron chi connectivity index (χ4n) is 2.64. The van der Waals surface area contributed by atoms with Crippen LogP contribution in [0.5, 0.6) is 0 Å². The zero-order chi connectivity index (χ0) is 20.6. The van der Waals surface area contributed by atoms with Gasteiger partial charge in [0, 0.05) is 10.7 Å². The molecule has 3 aromatic rings. The predicted octanol–water partition coefficient (Wildman–Crippen LogP) is 4.69. The summed E-state index contributed by atoms with van der Waals surface area (Å²) in [5.74, 6) is -0.419. The third kappa shape index (κ3) is 5.91. The molecule has 0 N–H and O–H groups in total.